The summed E-state index contributed by atoms with van der Waals surface area (Å²) in [7, 11) is -2.36. The van der Waals surface area contributed by atoms with Crippen LogP contribution in [0.1, 0.15) is 17.5 Å². The zero-order chi connectivity index (χ0) is 21.0. The largest absolute Gasteiger partial charge is 0.497 e. The van der Waals surface area contributed by atoms with E-state index in [0.717, 1.165) is 0 Å². The Morgan fingerprint density at radius 1 is 1.07 bits per heavy atom. The zero-order valence-electron chi connectivity index (χ0n) is 16.2. The highest BCUT2D eigenvalue weighted by atomic mass is 32.2. The van der Waals surface area contributed by atoms with E-state index in [1.807, 2.05) is 0 Å². The topological polar surface area (TPSA) is 109 Å². The molecular formula is C19H23N3O6S. The Labute approximate surface area is 169 Å². The fourth-order valence-corrected chi connectivity index (χ4v) is 4.26. The summed E-state index contributed by atoms with van der Waals surface area (Å²) >= 11 is 0. The standard InChI is InChI=1S/C19H23N3O6S/c1-14(20-29(25,26)16-7-5-15(27-2)6-8-16)18(23)21-9-11-22(12-10-21)19(24)17-4-3-13-28-17/h3-8,13-14,20H,9-12H2,1-2H3/t14-/m0/s1. The molecule has 0 bridgehead atoms. The molecule has 1 saturated heterocycles. The van der Waals surface area contributed by atoms with E-state index in [-0.39, 0.29) is 22.5 Å². The van der Waals surface area contributed by atoms with Crippen molar-refractivity contribution in [2.24, 2.45) is 0 Å². The van der Waals surface area contributed by atoms with Crippen LogP contribution >= 0.6 is 0 Å². The molecule has 2 heterocycles. The molecule has 1 aliphatic rings. The van der Waals surface area contributed by atoms with E-state index in [9.17, 15) is 18.0 Å². The molecule has 0 aliphatic carbocycles. The summed E-state index contributed by atoms with van der Waals surface area (Å²) in [6, 6.07) is 8.20. The van der Waals surface area contributed by atoms with E-state index < -0.39 is 16.1 Å². The predicted molar refractivity (Wildman–Crippen MR) is 104 cm³/mol. The minimum absolute atomic E-state index is 0.0480. The summed E-state index contributed by atoms with van der Waals surface area (Å²) in [5, 5.41) is 0. The van der Waals surface area contributed by atoms with Gasteiger partial charge in [-0.15, -0.1) is 0 Å². The number of methoxy groups -OCH3 is 1. The Morgan fingerprint density at radius 2 is 1.69 bits per heavy atom. The molecule has 0 spiro atoms. The van der Waals surface area contributed by atoms with Gasteiger partial charge in [0.15, 0.2) is 5.76 Å². The first-order chi connectivity index (χ1) is 13.8. The van der Waals surface area contributed by atoms with E-state index in [0.29, 0.717) is 31.9 Å². The summed E-state index contributed by atoms with van der Waals surface area (Å²) in [4.78, 5) is 28.2. The van der Waals surface area contributed by atoms with Crippen molar-refractivity contribution in [1.82, 2.24) is 14.5 Å². The maximum absolute atomic E-state index is 12.7. The third-order valence-corrected chi connectivity index (χ3v) is 6.24. The van der Waals surface area contributed by atoms with Crippen LogP contribution in [0.15, 0.2) is 52.0 Å². The second-order valence-corrected chi connectivity index (χ2v) is 8.33. The molecule has 0 saturated carbocycles. The number of nitrogens with zero attached hydrogens (tertiary/aromatic N) is 2. The summed E-state index contributed by atoms with van der Waals surface area (Å²) in [6.45, 7) is 2.84. The molecule has 156 valence electrons. The molecule has 2 amide bonds. The van der Waals surface area contributed by atoms with Gasteiger partial charge in [-0.3, -0.25) is 9.59 Å². The Morgan fingerprint density at radius 3 is 2.24 bits per heavy atom. The number of hydrogen-bond acceptors (Lipinski definition) is 6. The first-order valence-electron chi connectivity index (χ1n) is 9.10. The van der Waals surface area contributed by atoms with Gasteiger partial charge in [0.05, 0.1) is 24.3 Å². The minimum atomic E-state index is -3.85. The maximum atomic E-state index is 12.7. The van der Waals surface area contributed by atoms with Crippen molar-refractivity contribution in [2.75, 3.05) is 33.3 Å². The number of nitrogens with one attached hydrogen (secondary N) is 1. The predicted octanol–water partition coefficient (Wildman–Crippen LogP) is 0.940. The van der Waals surface area contributed by atoms with E-state index in [1.165, 1.54) is 44.6 Å². The highest BCUT2D eigenvalue weighted by Crippen LogP contribution is 2.16. The van der Waals surface area contributed by atoms with E-state index in [2.05, 4.69) is 4.72 Å². The van der Waals surface area contributed by atoms with Gasteiger partial charge in [-0.25, -0.2) is 8.42 Å². The third kappa shape index (κ3) is 4.77. The van der Waals surface area contributed by atoms with Crippen LogP contribution in [0.2, 0.25) is 0 Å². The highest BCUT2D eigenvalue weighted by molar-refractivity contribution is 7.89. The number of rotatable bonds is 6. The molecule has 2 aromatic rings. The molecule has 3 rings (SSSR count). The lowest BCUT2D eigenvalue weighted by molar-refractivity contribution is -0.134. The normalized spacial score (nSPS) is 15.8. The number of ether oxygens (including phenoxy) is 1. The Bertz CT molecular complexity index is 948. The van der Waals surface area contributed by atoms with Crippen LogP contribution in [-0.2, 0) is 14.8 Å². The molecule has 10 heteroatoms. The summed E-state index contributed by atoms with van der Waals surface area (Å²) < 4.78 is 37.6. The minimum Gasteiger partial charge on any atom is -0.497 e. The van der Waals surface area contributed by atoms with Crippen molar-refractivity contribution >= 4 is 21.8 Å². The van der Waals surface area contributed by atoms with Gasteiger partial charge in [0.25, 0.3) is 5.91 Å². The molecule has 0 unspecified atom stereocenters. The summed E-state index contributed by atoms with van der Waals surface area (Å²) in [6.07, 6.45) is 1.43. The first kappa shape index (κ1) is 20.9. The van der Waals surface area contributed by atoms with Crippen LogP contribution < -0.4 is 9.46 Å². The lowest BCUT2D eigenvalue weighted by Crippen LogP contribution is -2.55. The van der Waals surface area contributed by atoms with Gasteiger partial charge < -0.3 is 19.0 Å². The Hall–Kier alpha value is -2.85. The van der Waals surface area contributed by atoms with Crippen molar-refractivity contribution in [3.05, 3.63) is 48.4 Å². The number of amides is 2. The number of carbonyl (C=O) groups excluding carboxylic acids is 2. The van der Waals surface area contributed by atoms with Crippen LogP contribution in [0.4, 0.5) is 0 Å². The van der Waals surface area contributed by atoms with Gasteiger partial charge in [0.1, 0.15) is 5.75 Å². The fraction of sp³-hybridized carbons (Fsp3) is 0.368. The molecule has 1 fully saturated rings. The monoisotopic (exact) mass is 421 g/mol. The van der Waals surface area contributed by atoms with Crippen molar-refractivity contribution in [3.63, 3.8) is 0 Å². The number of piperazine rings is 1. The molecule has 1 aromatic heterocycles. The lowest BCUT2D eigenvalue weighted by Gasteiger charge is -2.35. The molecule has 1 atom stereocenters. The van der Waals surface area contributed by atoms with Crippen molar-refractivity contribution in [2.45, 2.75) is 17.9 Å². The first-order valence-corrected chi connectivity index (χ1v) is 10.6. The number of hydrogen-bond donors (Lipinski definition) is 1. The molecular weight excluding hydrogens is 398 g/mol. The average molecular weight is 421 g/mol. The van der Waals surface area contributed by atoms with E-state index >= 15 is 0 Å². The van der Waals surface area contributed by atoms with Gasteiger partial charge in [-0.05, 0) is 43.3 Å². The van der Waals surface area contributed by atoms with Crippen molar-refractivity contribution in [3.8, 4) is 5.75 Å². The number of furan rings is 1. The number of sulfonamides is 1. The highest BCUT2D eigenvalue weighted by Gasteiger charge is 2.30. The summed E-state index contributed by atoms with van der Waals surface area (Å²) in [5.74, 6) is 0.225. The van der Waals surface area contributed by atoms with Gasteiger partial charge in [0.2, 0.25) is 15.9 Å². The van der Waals surface area contributed by atoms with Gasteiger partial charge in [0, 0.05) is 26.2 Å². The second kappa shape index (κ2) is 8.66. The van der Waals surface area contributed by atoms with Crippen LogP contribution in [0, 0.1) is 0 Å². The maximum Gasteiger partial charge on any atom is 0.289 e. The Kier molecular flexibility index (Phi) is 6.23. The molecule has 29 heavy (non-hydrogen) atoms. The second-order valence-electron chi connectivity index (χ2n) is 6.61. The average Bonchev–Trinajstić information content (AvgIpc) is 3.27. The molecule has 9 nitrogen and oxygen atoms in total. The van der Waals surface area contributed by atoms with E-state index in [1.54, 1.807) is 21.9 Å². The van der Waals surface area contributed by atoms with E-state index in [4.69, 9.17) is 9.15 Å². The van der Waals surface area contributed by atoms with Crippen molar-refractivity contribution < 1.29 is 27.2 Å². The SMILES string of the molecule is COc1ccc(S(=O)(=O)N[C@@H](C)C(=O)N2CCN(C(=O)c3ccco3)CC2)cc1. The lowest BCUT2D eigenvalue weighted by atomic mass is 10.2. The molecule has 1 aromatic carbocycles. The smallest absolute Gasteiger partial charge is 0.289 e. The molecule has 1 N–H and O–H groups in total. The van der Waals surface area contributed by atoms with Crippen molar-refractivity contribution in [1.29, 1.82) is 0 Å². The zero-order valence-corrected chi connectivity index (χ0v) is 17.0. The van der Waals surface area contributed by atoms with Gasteiger partial charge >= 0.3 is 0 Å². The Balaban J connectivity index is 1.57. The third-order valence-electron chi connectivity index (χ3n) is 4.68. The molecule has 0 radical (unpaired) electrons. The van der Waals surface area contributed by atoms with Gasteiger partial charge in [-0.1, -0.05) is 0 Å². The quantitative estimate of drug-likeness (QED) is 0.744. The molecule has 1 aliphatic heterocycles. The number of benzene rings is 1. The number of carbonyl (C=O) groups is 2. The van der Waals surface area contributed by atoms with Gasteiger partial charge in [-0.2, -0.15) is 4.72 Å². The van der Waals surface area contributed by atoms with Crippen LogP contribution in [0.5, 0.6) is 5.75 Å². The van der Waals surface area contributed by atoms with Crippen LogP contribution in [0.25, 0.3) is 0 Å². The van der Waals surface area contributed by atoms with Crippen LogP contribution in [0.3, 0.4) is 0 Å². The van der Waals surface area contributed by atoms with Crippen LogP contribution in [-0.4, -0.2) is 69.4 Å². The fourth-order valence-electron chi connectivity index (χ4n) is 3.07. The summed E-state index contributed by atoms with van der Waals surface area (Å²) in [5.41, 5.74) is 0.